The van der Waals surface area contributed by atoms with Gasteiger partial charge in [-0.1, -0.05) is 52.4 Å². The van der Waals surface area contributed by atoms with Gasteiger partial charge in [-0.15, -0.1) is 0 Å². The van der Waals surface area contributed by atoms with Crippen molar-refractivity contribution in [2.45, 2.75) is 71.3 Å². The first-order valence-corrected chi connectivity index (χ1v) is 6.96. The van der Waals surface area contributed by atoms with Gasteiger partial charge in [-0.25, -0.2) is 0 Å². The lowest BCUT2D eigenvalue weighted by Gasteiger charge is -2.32. The van der Waals surface area contributed by atoms with E-state index >= 15 is 0 Å². The molecule has 1 heteroatoms. The van der Waals surface area contributed by atoms with E-state index in [9.17, 15) is 0 Å². The second-order valence-electron chi connectivity index (χ2n) is 5.31. The Morgan fingerprint density at radius 2 is 1.60 bits per heavy atom. The van der Waals surface area contributed by atoms with Gasteiger partial charge in [-0.05, 0) is 31.7 Å². The third-order valence-corrected chi connectivity index (χ3v) is 4.25. The molecule has 1 fully saturated rings. The molecule has 0 amide bonds. The first-order chi connectivity index (χ1) is 7.29. The molecule has 0 aliphatic heterocycles. The smallest absolute Gasteiger partial charge is 0.0118 e. The van der Waals surface area contributed by atoms with Crippen LogP contribution in [0.1, 0.15) is 65.2 Å². The molecule has 0 bridgehead atoms. The monoisotopic (exact) mass is 211 g/mol. The highest BCUT2D eigenvalue weighted by molar-refractivity contribution is 4.80. The number of hydrogen-bond donors (Lipinski definition) is 1. The summed E-state index contributed by atoms with van der Waals surface area (Å²) < 4.78 is 0. The maximum Gasteiger partial charge on any atom is 0.0118 e. The van der Waals surface area contributed by atoms with Crippen LogP contribution in [0, 0.1) is 11.8 Å². The van der Waals surface area contributed by atoms with Crippen LogP contribution >= 0.6 is 0 Å². The summed E-state index contributed by atoms with van der Waals surface area (Å²) in [6.45, 7) is 4.72. The Bertz CT molecular complexity index is 147. The summed E-state index contributed by atoms with van der Waals surface area (Å²) in [7, 11) is 2.15. The van der Waals surface area contributed by atoms with E-state index in [1.807, 2.05) is 0 Å². The van der Waals surface area contributed by atoms with Crippen molar-refractivity contribution >= 4 is 0 Å². The van der Waals surface area contributed by atoms with Crippen molar-refractivity contribution in [1.82, 2.24) is 5.32 Å². The van der Waals surface area contributed by atoms with Crippen molar-refractivity contribution in [3.63, 3.8) is 0 Å². The molecule has 1 aliphatic rings. The molecule has 90 valence electrons. The summed E-state index contributed by atoms with van der Waals surface area (Å²) in [5.41, 5.74) is 0. The number of hydrogen-bond acceptors (Lipinski definition) is 1. The topological polar surface area (TPSA) is 12.0 Å². The van der Waals surface area contributed by atoms with Crippen LogP contribution in [0.15, 0.2) is 0 Å². The van der Waals surface area contributed by atoms with E-state index in [1.165, 1.54) is 51.4 Å². The van der Waals surface area contributed by atoms with Gasteiger partial charge in [0.2, 0.25) is 0 Å². The fraction of sp³-hybridized carbons (Fsp3) is 1.00. The average Bonchev–Trinajstić information content (AvgIpc) is 2.21. The summed E-state index contributed by atoms with van der Waals surface area (Å²) in [6, 6.07) is 0.757. The van der Waals surface area contributed by atoms with Crippen molar-refractivity contribution < 1.29 is 0 Å². The minimum atomic E-state index is 0.757. The Morgan fingerprint density at radius 1 is 1.07 bits per heavy atom. The molecule has 15 heavy (non-hydrogen) atoms. The molecular formula is C14H29N. The Hall–Kier alpha value is -0.0400. The minimum absolute atomic E-state index is 0.757. The molecule has 2 atom stereocenters. The van der Waals surface area contributed by atoms with E-state index in [-0.39, 0.29) is 0 Å². The van der Waals surface area contributed by atoms with Crippen molar-refractivity contribution in [3.8, 4) is 0 Å². The molecule has 1 saturated carbocycles. The standard InChI is InChI=1S/C14H29N/c1-4-12(2)14(15-3)13-10-8-6-5-7-9-11-13/h12-15H,4-11H2,1-3H3. The van der Waals surface area contributed by atoms with Crippen LogP contribution in [0.4, 0.5) is 0 Å². The molecule has 0 heterocycles. The Kier molecular flexibility index (Phi) is 6.31. The molecular weight excluding hydrogens is 182 g/mol. The number of nitrogens with one attached hydrogen (secondary N) is 1. The SMILES string of the molecule is CCC(C)C(NC)C1CCCCCCC1. The maximum absolute atomic E-state index is 3.57. The van der Waals surface area contributed by atoms with Crippen LogP contribution in [0.3, 0.4) is 0 Å². The largest absolute Gasteiger partial charge is 0.316 e. The molecule has 0 aromatic rings. The van der Waals surface area contributed by atoms with Gasteiger partial charge >= 0.3 is 0 Å². The van der Waals surface area contributed by atoms with E-state index in [0.717, 1.165) is 17.9 Å². The normalized spacial score (nSPS) is 24.2. The predicted octanol–water partition coefficient (Wildman–Crippen LogP) is 3.98. The van der Waals surface area contributed by atoms with Gasteiger partial charge < -0.3 is 5.32 Å². The summed E-state index contributed by atoms with van der Waals surface area (Å²) in [4.78, 5) is 0. The molecule has 0 spiro atoms. The van der Waals surface area contributed by atoms with Crippen molar-refractivity contribution in [2.75, 3.05) is 7.05 Å². The van der Waals surface area contributed by atoms with Crippen LogP contribution in [-0.2, 0) is 0 Å². The van der Waals surface area contributed by atoms with E-state index in [2.05, 4.69) is 26.2 Å². The third kappa shape index (κ3) is 4.14. The second kappa shape index (κ2) is 7.27. The van der Waals surface area contributed by atoms with Crippen LogP contribution < -0.4 is 5.32 Å². The van der Waals surface area contributed by atoms with Crippen LogP contribution in [0.25, 0.3) is 0 Å². The van der Waals surface area contributed by atoms with E-state index in [0.29, 0.717) is 0 Å². The highest BCUT2D eigenvalue weighted by atomic mass is 14.9. The quantitative estimate of drug-likeness (QED) is 0.741. The molecule has 1 N–H and O–H groups in total. The zero-order valence-corrected chi connectivity index (χ0v) is 10.9. The van der Waals surface area contributed by atoms with Crippen LogP contribution in [0.2, 0.25) is 0 Å². The molecule has 0 aromatic heterocycles. The Morgan fingerprint density at radius 3 is 2.07 bits per heavy atom. The Balaban J connectivity index is 2.47. The van der Waals surface area contributed by atoms with Gasteiger partial charge in [0.15, 0.2) is 0 Å². The van der Waals surface area contributed by atoms with Crippen molar-refractivity contribution in [1.29, 1.82) is 0 Å². The van der Waals surface area contributed by atoms with Crippen molar-refractivity contribution in [2.24, 2.45) is 11.8 Å². The van der Waals surface area contributed by atoms with Crippen LogP contribution in [0.5, 0.6) is 0 Å². The number of rotatable bonds is 4. The van der Waals surface area contributed by atoms with Gasteiger partial charge in [-0.3, -0.25) is 0 Å². The summed E-state index contributed by atoms with van der Waals surface area (Å²) in [5, 5.41) is 3.57. The molecule has 2 unspecified atom stereocenters. The molecule has 1 aliphatic carbocycles. The fourth-order valence-electron chi connectivity index (χ4n) is 3.09. The Labute approximate surface area is 96.0 Å². The minimum Gasteiger partial charge on any atom is -0.316 e. The summed E-state index contributed by atoms with van der Waals surface area (Å²) in [5.74, 6) is 1.77. The molecule has 1 nitrogen and oxygen atoms in total. The lowest BCUT2D eigenvalue weighted by Crippen LogP contribution is -2.39. The molecule has 0 aromatic carbocycles. The highest BCUT2D eigenvalue weighted by Crippen LogP contribution is 2.28. The maximum atomic E-state index is 3.57. The zero-order chi connectivity index (χ0) is 11.1. The van der Waals surface area contributed by atoms with Gasteiger partial charge in [0, 0.05) is 6.04 Å². The van der Waals surface area contributed by atoms with Gasteiger partial charge in [0.1, 0.15) is 0 Å². The first-order valence-electron chi connectivity index (χ1n) is 6.96. The molecule has 1 rings (SSSR count). The van der Waals surface area contributed by atoms with Gasteiger partial charge in [0.05, 0.1) is 0 Å². The second-order valence-corrected chi connectivity index (χ2v) is 5.31. The lowest BCUT2D eigenvalue weighted by atomic mass is 9.80. The zero-order valence-electron chi connectivity index (χ0n) is 10.9. The predicted molar refractivity (Wildman–Crippen MR) is 68.1 cm³/mol. The van der Waals surface area contributed by atoms with Gasteiger partial charge in [-0.2, -0.15) is 0 Å². The first kappa shape index (κ1) is 13.0. The highest BCUT2D eigenvalue weighted by Gasteiger charge is 2.24. The molecule has 0 radical (unpaired) electrons. The molecule has 0 saturated heterocycles. The van der Waals surface area contributed by atoms with E-state index in [4.69, 9.17) is 0 Å². The third-order valence-electron chi connectivity index (χ3n) is 4.25. The average molecular weight is 211 g/mol. The summed E-state index contributed by atoms with van der Waals surface area (Å²) in [6.07, 6.45) is 11.5. The van der Waals surface area contributed by atoms with Crippen molar-refractivity contribution in [3.05, 3.63) is 0 Å². The van der Waals surface area contributed by atoms with Crippen LogP contribution in [-0.4, -0.2) is 13.1 Å². The van der Waals surface area contributed by atoms with E-state index in [1.54, 1.807) is 0 Å². The fourth-order valence-corrected chi connectivity index (χ4v) is 3.09. The van der Waals surface area contributed by atoms with Gasteiger partial charge in [0.25, 0.3) is 0 Å². The summed E-state index contributed by atoms with van der Waals surface area (Å²) >= 11 is 0. The lowest BCUT2D eigenvalue weighted by molar-refractivity contribution is 0.233. The van der Waals surface area contributed by atoms with E-state index < -0.39 is 0 Å².